The van der Waals surface area contributed by atoms with Gasteiger partial charge in [-0.15, -0.1) is 0 Å². The van der Waals surface area contributed by atoms with E-state index in [1.54, 1.807) is 24.3 Å². The van der Waals surface area contributed by atoms with Crippen LogP contribution in [-0.2, 0) is 9.59 Å². The van der Waals surface area contributed by atoms with Crippen LogP contribution in [0.1, 0.15) is 22.3 Å². The van der Waals surface area contributed by atoms with E-state index < -0.39 is 28.7 Å². The molecule has 1 atom stereocenters. The summed E-state index contributed by atoms with van der Waals surface area (Å²) >= 11 is 4.72. The van der Waals surface area contributed by atoms with Gasteiger partial charge >= 0.3 is 5.97 Å². The third-order valence-electron chi connectivity index (χ3n) is 4.23. The summed E-state index contributed by atoms with van der Waals surface area (Å²) in [7, 11) is 0. The summed E-state index contributed by atoms with van der Waals surface area (Å²) < 4.78 is 0.770. The quantitative estimate of drug-likeness (QED) is 0.247. The van der Waals surface area contributed by atoms with Gasteiger partial charge in [0.15, 0.2) is 0 Å². The van der Waals surface area contributed by atoms with Crippen LogP contribution < -0.4 is 10.6 Å². The first-order valence-corrected chi connectivity index (χ1v) is 11.5. The maximum absolute atomic E-state index is 12.8. The number of thioether (sulfide) groups is 1. The first kappa shape index (κ1) is 25.1. The first-order chi connectivity index (χ1) is 15.2. The number of aliphatic carboxylic acids is 1. The molecule has 0 aliphatic carbocycles. The van der Waals surface area contributed by atoms with Gasteiger partial charge in [0, 0.05) is 22.2 Å². The van der Waals surface area contributed by atoms with Crippen molar-refractivity contribution in [2.24, 2.45) is 0 Å². The second-order valence-electron chi connectivity index (χ2n) is 6.51. The minimum atomic E-state index is -1.19. The van der Waals surface area contributed by atoms with Crippen molar-refractivity contribution in [2.45, 2.75) is 12.5 Å². The number of non-ortho nitro benzene ring substituents is 1. The largest absolute Gasteiger partial charge is 0.480 e. The Balaban J connectivity index is 2.32. The first-order valence-electron chi connectivity index (χ1n) is 9.27. The lowest BCUT2D eigenvalue weighted by Gasteiger charge is -2.16. The summed E-state index contributed by atoms with van der Waals surface area (Å²) in [6.07, 6.45) is 3.34. The Labute approximate surface area is 196 Å². The maximum atomic E-state index is 12.8. The Hall–Kier alpha value is -3.18. The Morgan fingerprint density at radius 2 is 1.78 bits per heavy atom. The molecule has 0 spiro atoms. The Morgan fingerprint density at radius 1 is 1.16 bits per heavy atom. The molecular weight excluding hydrogens is 502 g/mol. The zero-order chi connectivity index (χ0) is 23.7. The molecule has 0 fully saturated rings. The van der Waals surface area contributed by atoms with Crippen molar-refractivity contribution in [3.05, 3.63) is 79.9 Å². The Morgan fingerprint density at radius 3 is 2.31 bits per heavy atom. The summed E-state index contributed by atoms with van der Waals surface area (Å²) in [5.74, 6) is -2.04. The van der Waals surface area contributed by atoms with E-state index in [1.165, 1.54) is 42.1 Å². The molecule has 2 aromatic rings. The highest BCUT2D eigenvalue weighted by atomic mass is 79.9. The molecule has 0 unspecified atom stereocenters. The molecule has 0 saturated heterocycles. The number of rotatable bonds is 10. The molecule has 3 N–H and O–H groups in total. The molecule has 0 aromatic heterocycles. The highest BCUT2D eigenvalue weighted by Crippen LogP contribution is 2.15. The number of nitrogens with zero attached hydrogens (tertiary/aromatic N) is 1. The predicted octanol–water partition coefficient (Wildman–Crippen LogP) is 3.45. The molecule has 0 saturated carbocycles. The molecule has 0 aliphatic heterocycles. The number of carbonyl (C=O) groups excluding carboxylic acids is 2. The lowest BCUT2D eigenvalue weighted by molar-refractivity contribution is -0.384. The SMILES string of the molecule is CSCC[C@H](NC(=O)/C(=C/c1ccc([N+](=O)[O-])cc1)NC(=O)c1ccc(Br)cc1)C(=O)O. The van der Waals surface area contributed by atoms with Gasteiger partial charge in [-0.05, 0) is 66.5 Å². The van der Waals surface area contributed by atoms with Crippen molar-refractivity contribution in [2.75, 3.05) is 12.0 Å². The normalized spacial score (nSPS) is 12.0. The van der Waals surface area contributed by atoms with Crippen LogP contribution in [0, 0.1) is 10.1 Å². The number of hydrogen-bond donors (Lipinski definition) is 3. The van der Waals surface area contributed by atoms with E-state index in [0.717, 1.165) is 4.47 Å². The molecule has 0 bridgehead atoms. The summed E-state index contributed by atoms with van der Waals surface area (Å²) in [6, 6.07) is 10.7. The topological polar surface area (TPSA) is 139 Å². The third kappa shape index (κ3) is 7.50. The Kier molecular flexibility index (Phi) is 9.41. The predicted molar refractivity (Wildman–Crippen MR) is 125 cm³/mol. The average molecular weight is 522 g/mol. The van der Waals surface area contributed by atoms with Gasteiger partial charge < -0.3 is 15.7 Å². The average Bonchev–Trinajstić information content (AvgIpc) is 2.76. The van der Waals surface area contributed by atoms with E-state index >= 15 is 0 Å². The van der Waals surface area contributed by atoms with Gasteiger partial charge in [0.05, 0.1) is 4.92 Å². The van der Waals surface area contributed by atoms with E-state index in [0.29, 0.717) is 11.3 Å². The van der Waals surface area contributed by atoms with Crippen LogP contribution in [0.15, 0.2) is 58.7 Å². The number of halogens is 1. The smallest absolute Gasteiger partial charge is 0.326 e. The second kappa shape index (κ2) is 12.0. The van der Waals surface area contributed by atoms with Gasteiger partial charge in [0.2, 0.25) is 0 Å². The van der Waals surface area contributed by atoms with E-state index in [2.05, 4.69) is 26.6 Å². The Bertz CT molecular complexity index is 1020. The highest BCUT2D eigenvalue weighted by Gasteiger charge is 2.23. The molecule has 2 aromatic carbocycles. The number of amides is 2. The molecule has 9 nitrogen and oxygen atoms in total. The number of carboxylic acid groups (broad SMARTS) is 1. The van der Waals surface area contributed by atoms with Crippen molar-refractivity contribution >= 4 is 57.2 Å². The molecule has 0 radical (unpaired) electrons. The van der Waals surface area contributed by atoms with E-state index in [9.17, 15) is 29.6 Å². The van der Waals surface area contributed by atoms with Crippen molar-refractivity contribution in [3.8, 4) is 0 Å². The standard InChI is InChI=1S/C21H20BrN3O6S/c1-32-11-10-17(21(28)29)23-20(27)18(12-13-2-8-16(9-3-13)25(30)31)24-19(26)14-4-6-15(22)7-5-14/h2-9,12,17H,10-11H2,1H3,(H,23,27)(H,24,26)(H,28,29)/b18-12-/t17-/m0/s1. The molecule has 11 heteroatoms. The van der Waals surface area contributed by atoms with Crippen LogP contribution in [0.2, 0.25) is 0 Å². The van der Waals surface area contributed by atoms with Crippen LogP contribution >= 0.6 is 27.7 Å². The van der Waals surface area contributed by atoms with Gasteiger partial charge in [-0.1, -0.05) is 15.9 Å². The van der Waals surface area contributed by atoms with Crippen molar-refractivity contribution < 1.29 is 24.4 Å². The van der Waals surface area contributed by atoms with Gasteiger partial charge in [0.25, 0.3) is 17.5 Å². The van der Waals surface area contributed by atoms with Gasteiger partial charge in [-0.25, -0.2) is 4.79 Å². The zero-order valence-electron chi connectivity index (χ0n) is 16.9. The second-order valence-corrected chi connectivity index (χ2v) is 8.41. The summed E-state index contributed by atoms with van der Waals surface area (Å²) in [4.78, 5) is 47.3. The fourth-order valence-corrected chi connectivity index (χ4v) is 3.28. The number of hydrogen-bond acceptors (Lipinski definition) is 6. The fraction of sp³-hybridized carbons (Fsp3) is 0.190. The van der Waals surface area contributed by atoms with Crippen LogP contribution in [-0.4, -0.2) is 45.9 Å². The lowest BCUT2D eigenvalue weighted by Crippen LogP contribution is -2.44. The molecular formula is C21H20BrN3O6S. The van der Waals surface area contributed by atoms with Crippen LogP contribution in [0.5, 0.6) is 0 Å². The van der Waals surface area contributed by atoms with E-state index in [-0.39, 0.29) is 23.4 Å². The van der Waals surface area contributed by atoms with Crippen LogP contribution in [0.3, 0.4) is 0 Å². The molecule has 168 valence electrons. The number of nitrogens with one attached hydrogen (secondary N) is 2. The van der Waals surface area contributed by atoms with Crippen LogP contribution in [0.4, 0.5) is 5.69 Å². The van der Waals surface area contributed by atoms with E-state index in [1.807, 2.05) is 6.26 Å². The summed E-state index contributed by atoms with van der Waals surface area (Å²) in [6.45, 7) is 0. The van der Waals surface area contributed by atoms with Gasteiger partial charge in [-0.2, -0.15) is 11.8 Å². The van der Waals surface area contributed by atoms with Crippen molar-refractivity contribution in [3.63, 3.8) is 0 Å². The molecule has 2 rings (SSSR count). The van der Waals surface area contributed by atoms with Crippen LogP contribution in [0.25, 0.3) is 6.08 Å². The number of carboxylic acids is 1. The monoisotopic (exact) mass is 521 g/mol. The zero-order valence-corrected chi connectivity index (χ0v) is 19.3. The maximum Gasteiger partial charge on any atom is 0.326 e. The number of nitro benzene ring substituents is 1. The van der Waals surface area contributed by atoms with Crippen molar-refractivity contribution in [1.29, 1.82) is 0 Å². The molecule has 0 heterocycles. The number of nitro groups is 1. The minimum absolute atomic E-state index is 0.130. The van der Waals surface area contributed by atoms with E-state index in [4.69, 9.17) is 0 Å². The highest BCUT2D eigenvalue weighted by molar-refractivity contribution is 9.10. The molecule has 2 amide bonds. The lowest BCUT2D eigenvalue weighted by atomic mass is 10.1. The number of benzene rings is 2. The number of carbonyl (C=O) groups is 3. The molecule has 32 heavy (non-hydrogen) atoms. The summed E-state index contributed by atoms with van der Waals surface area (Å²) in [5, 5.41) is 25.2. The third-order valence-corrected chi connectivity index (χ3v) is 5.40. The van der Waals surface area contributed by atoms with Crippen molar-refractivity contribution in [1.82, 2.24) is 10.6 Å². The fourth-order valence-electron chi connectivity index (χ4n) is 2.54. The summed E-state index contributed by atoms with van der Waals surface area (Å²) in [5.41, 5.74) is 0.373. The minimum Gasteiger partial charge on any atom is -0.480 e. The van der Waals surface area contributed by atoms with Gasteiger partial charge in [-0.3, -0.25) is 19.7 Å². The molecule has 0 aliphatic rings. The van der Waals surface area contributed by atoms with Gasteiger partial charge in [0.1, 0.15) is 11.7 Å².